The first kappa shape index (κ1) is 9.16. The third-order valence-electron chi connectivity index (χ3n) is 3.17. The van der Waals surface area contributed by atoms with Crippen molar-refractivity contribution in [1.29, 1.82) is 0 Å². The molecule has 3 atom stereocenters. The quantitative estimate of drug-likeness (QED) is 0.615. The molecule has 0 aromatic heterocycles. The van der Waals surface area contributed by atoms with Gasteiger partial charge in [0, 0.05) is 6.61 Å². The maximum absolute atomic E-state index is 11.1. The molecule has 0 N–H and O–H groups in total. The van der Waals surface area contributed by atoms with Gasteiger partial charge in [-0.1, -0.05) is 0 Å². The molecule has 0 saturated carbocycles. The number of rotatable bonds is 4. The van der Waals surface area contributed by atoms with Crippen LogP contribution in [0.15, 0.2) is 0 Å². The summed E-state index contributed by atoms with van der Waals surface area (Å²) in [5.41, 5.74) is -0.321. The van der Waals surface area contributed by atoms with Gasteiger partial charge in [-0.2, -0.15) is 0 Å². The second kappa shape index (κ2) is 3.39. The van der Waals surface area contributed by atoms with Crippen molar-refractivity contribution in [3.05, 3.63) is 0 Å². The van der Waals surface area contributed by atoms with Crippen molar-refractivity contribution < 1.29 is 14.3 Å². The summed E-state index contributed by atoms with van der Waals surface area (Å²) in [5, 5.41) is 0. The fourth-order valence-corrected chi connectivity index (χ4v) is 2.44. The van der Waals surface area contributed by atoms with Crippen LogP contribution in [0.25, 0.3) is 0 Å². The summed E-state index contributed by atoms with van der Waals surface area (Å²) >= 11 is 0. The third kappa shape index (κ3) is 1.40. The lowest BCUT2D eigenvalue weighted by Gasteiger charge is -2.28. The minimum Gasteiger partial charge on any atom is -0.381 e. The van der Waals surface area contributed by atoms with Crippen LogP contribution in [0, 0.1) is 5.41 Å². The first-order valence-corrected chi connectivity index (χ1v) is 5.00. The van der Waals surface area contributed by atoms with Crippen molar-refractivity contribution in [1.82, 2.24) is 0 Å². The fraction of sp³-hybridized carbons (Fsp3) is 0.900. The highest BCUT2D eigenvalue weighted by atomic mass is 16.5. The van der Waals surface area contributed by atoms with Crippen molar-refractivity contribution in [3.8, 4) is 0 Å². The van der Waals surface area contributed by atoms with E-state index in [9.17, 15) is 4.79 Å². The van der Waals surface area contributed by atoms with E-state index in [4.69, 9.17) is 9.47 Å². The number of ether oxygens (including phenoxy) is 2. The Hall–Kier alpha value is -0.410. The molecular weight excluding hydrogens is 168 g/mol. The summed E-state index contributed by atoms with van der Waals surface area (Å²) in [5.74, 6) is 0. The first-order chi connectivity index (χ1) is 6.30. The van der Waals surface area contributed by atoms with Crippen molar-refractivity contribution in [2.24, 2.45) is 5.41 Å². The van der Waals surface area contributed by atoms with Crippen LogP contribution in [0.3, 0.4) is 0 Å². The average molecular weight is 184 g/mol. The molecule has 2 aliphatic heterocycles. The molecule has 0 aliphatic carbocycles. The fourth-order valence-electron chi connectivity index (χ4n) is 2.44. The van der Waals surface area contributed by atoms with E-state index in [1.54, 1.807) is 0 Å². The molecule has 2 saturated heterocycles. The zero-order chi connectivity index (χ0) is 9.31. The van der Waals surface area contributed by atoms with Gasteiger partial charge >= 0.3 is 0 Å². The minimum atomic E-state index is -0.321. The number of fused-ring (bicyclic) bond motifs is 2. The van der Waals surface area contributed by atoms with Gasteiger partial charge < -0.3 is 14.3 Å². The molecule has 2 aliphatic rings. The normalized spacial score (nSPS) is 42.5. The molecule has 0 spiro atoms. The van der Waals surface area contributed by atoms with Crippen LogP contribution >= 0.6 is 0 Å². The smallest absolute Gasteiger partial charge is 0.131 e. The van der Waals surface area contributed by atoms with Crippen molar-refractivity contribution >= 4 is 6.29 Å². The Balaban J connectivity index is 2.03. The van der Waals surface area contributed by atoms with Crippen molar-refractivity contribution in [2.75, 3.05) is 13.2 Å². The molecule has 0 radical (unpaired) electrons. The van der Waals surface area contributed by atoms with Gasteiger partial charge in [0.05, 0.1) is 24.2 Å². The third-order valence-corrected chi connectivity index (χ3v) is 3.17. The Bertz CT molecular complexity index is 204. The maximum atomic E-state index is 11.1. The number of hydrogen-bond donors (Lipinski definition) is 0. The first-order valence-electron chi connectivity index (χ1n) is 5.00. The molecule has 0 amide bonds. The van der Waals surface area contributed by atoms with E-state index >= 15 is 0 Å². The lowest BCUT2D eigenvalue weighted by atomic mass is 9.76. The van der Waals surface area contributed by atoms with Gasteiger partial charge in [0.25, 0.3) is 0 Å². The summed E-state index contributed by atoms with van der Waals surface area (Å²) in [7, 11) is 0. The van der Waals surface area contributed by atoms with Gasteiger partial charge in [0.15, 0.2) is 0 Å². The van der Waals surface area contributed by atoms with E-state index in [1.807, 2.05) is 6.92 Å². The van der Waals surface area contributed by atoms with Crippen LogP contribution in [-0.4, -0.2) is 31.7 Å². The summed E-state index contributed by atoms with van der Waals surface area (Å²) in [6, 6.07) is 0. The highest BCUT2D eigenvalue weighted by Crippen LogP contribution is 2.46. The number of hydrogen-bond acceptors (Lipinski definition) is 3. The summed E-state index contributed by atoms with van der Waals surface area (Å²) < 4.78 is 11.0. The molecule has 2 heterocycles. The maximum Gasteiger partial charge on any atom is 0.131 e. The lowest BCUT2D eigenvalue weighted by molar-refractivity contribution is -0.123. The Labute approximate surface area is 78.4 Å². The van der Waals surface area contributed by atoms with Crippen LogP contribution in [0.5, 0.6) is 0 Å². The van der Waals surface area contributed by atoms with Crippen LogP contribution in [0.4, 0.5) is 0 Å². The van der Waals surface area contributed by atoms with Crippen molar-refractivity contribution in [2.45, 2.75) is 38.4 Å². The summed E-state index contributed by atoms with van der Waals surface area (Å²) in [6.07, 6.45) is 4.49. The van der Waals surface area contributed by atoms with Crippen molar-refractivity contribution in [3.63, 3.8) is 0 Å². The van der Waals surface area contributed by atoms with Gasteiger partial charge in [0.2, 0.25) is 0 Å². The highest BCUT2D eigenvalue weighted by Gasteiger charge is 2.52. The van der Waals surface area contributed by atoms with E-state index in [0.29, 0.717) is 19.3 Å². The molecular formula is C10H16O3. The largest absolute Gasteiger partial charge is 0.381 e. The van der Waals surface area contributed by atoms with Gasteiger partial charge in [-0.05, 0) is 26.2 Å². The zero-order valence-electron chi connectivity index (χ0n) is 7.99. The van der Waals surface area contributed by atoms with Crippen LogP contribution in [0.1, 0.15) is 26.2 Å². The van der Waals surface area contributed by atoms with E-state index in [1.165, 1.54) is 0 Å². The molecule has 3 heteroatoms. The number of carbonyl (C=O) groups is 1. The molecule has 0 aromatic rings. The van der Waals surface area contributed by atoms with E-state index in [0.717, 1.165) is 25.5 Å². The average Bonchev–Trinajstić information content (AvgIpc) is 2.74. The molecule has 2 bridgehead atoms. The van der Waals surface area contributed by atoms with Gasteiger partial charge in [0.1, 0.15) is 6.29 Å². The van der Waals surface area contributed by atoms with Crippen LogP contribution in [0.2, 0.25) is 0 Å². The number of carbonyl (C=O) groups excluding carboxylic acids is 1. The van der Waals surface area contributed by atoms with Gasteiger partial charge in [-0.25, -0.2) is 0 Å². The minimum absolute atomic E-state index is 0.126. The molecule has 0 aromatic carbocycles. The van der Waals surface area contributed by atoms with Gasteiger partial charge in [-0.3, -0.25) is 0 Å². The second-order valence-corrected chi connectivity index (χ2v) is 4.02. The molecule has 3 unspecified atom stereocenters. The van der Waals surface area contributed by atoms with E-state index in [2.05, 4.69) is 0 Å². The second-order valence-electron chi connectivity index (χ2n) is 4.02. The standard InChI is InChI=1S/C10H16O3/c1-2-12-7-10(6-11)5-8-3-4-9(10)13-8/h6,8-9H,2-5,7H2,1H3. The number of aldehydes is 1. The van der Waals surface area contributed by atoms with Gasteiger partial charge in [-0.15, -0.1) is 0 Å². The molecule has 74 valence electrons. The molecule has 13 heavy (non-hydrogen) atoms. The lowest BCUT2D eigenvalue weighted by Crippen LogP contribution is -2.38. The van der Waals surface area contributed by atoms with E-state index in [-0.39, 0.29) is 11.5 Å². The Morgan fingerprint density at radius 2 is 2.46 bits per heavy atom. The van der Waals surface area contributed by atoms with Crippen LogP contribution in [-0.2, 0) is 14.3 Å². The summed E-state index contributed by atoms with van der Waals surface area (Å²) in [6.45, 7) is 3.16. The van der Waals surface area contributed by atoms with E-state index < -0.39 is 0 Å². The topological polar surface area (TPSA) is 35.5 Å². The molecule has 2 fully saturated rings. The Morgan fingerprint density at radius 3 is 2.92 bits per heavy atom. The predicted molar refractivity (Wildman–Crippen MR) is 47.5 cm³/mol. The predicted octanol–water partition coefficient (Wildman–Crippen LogP) is 1.16. The van der Waals surface area contributed by atoms with Crippen LogP contribution < -0.4 is 0 Å². The zero-order valence-corrected chi connectivity index (χ0v) is 7.99. The highest BCUT2D eigenvalue weighted by molar-refractivity contribution is 5.62. The molecule has 3 nitrogen and oxygen atoms in total. The Kier molecular flexibility index (Phi) is 2.39. The Morgan fingerprint density at radius 1 is 1.62 bits per heavy atom. The SMILES string of the molecule is CCOCC1(C=O)CC2CCC1O2. The monoisotopic (exact) mass is 184 g/mol. The summed E-state index contributed by atoms with van der Waals surface area (Å²) in [4.78, 5) is 11.1. The molecule has 2 rings (SSSR count).